The van der Waals surface area contributed by atoms with Crippen LogP contribution in [-0.2, 0) is 6.54 Å². The molecule has 6 heteroatoms. The summed E-state index contributed by atoms with van der Waals surface area (Å²) in [4.78, 5) is 25.9. The van der Waals surface area contributed by atoms with E-state index in [1.54, 1.807) is 18.2 Å². The maximum Gasteiger partial charge on any atom is 0.269 e. The van der Waals surface area contributed by atoms with E-state index in [0.29, 0.717) is 17.1 Å². The fourth-order valence-corrected chi connectivity index (χ4v) is 2.06. The lowest BCUT2D eigenvalue weighted by atomic mass is 10.1. The van der Waals surface area contributed by atoms with Crippen LogP contribution < -0.4 is 10.9 Å². The predicted molar refractivity (Wildman–Crippen MR) is 82.3 cm³/mol. The maximum absolute atomic E-state index is 12.1. The molecule has 3 aromatic rings. The first-order valence-corrected chi connectivity index (χ1v) is 6.79. The minimum absolute atomic E-state index is 0.195. The van der Waals surface area contributed by atoms with Crippen LogP contribution in [0, 0.1) is 0 Å². The molecule has 3 rings (SSSR count). The van der Waals surface area contributed by atoms with Gasteiger partial charge in [0.1, 0.15) is 5.69 Å². The third-order valence-corrected chi connectivity index (χ3v) is 3.16. The van der Waals surface area contributed by atoms with Crippen LogP contribution in [0.4, 0.5) is 0 Å². The molecule has 0 atom stereocenters. The van der Waals surface area contributed by atoms with Crippen molar-refractivity contribution >= 4 is 5.91 Å². The molecule has 0 aliphatic carbocycles. The van der Waals surface area contributed by atoms with Crippen molar-refractivity contribution in [2.75, 3.05) is 0 Å². The fraction of sp³-hybridized carbons (Fsp3) is 0.0625. The zero-order chi connectivity index (χ0) is 15.4. The highest BCUT2D eigenvalue weighted by Gasteiger charge is 2.10. The molecule has 0 unspecified atom stereocenters. The molecule has 0 saturated carbocycles. The Labute approximate surface area is 126 Å². The number of aromatic amines is 2. The monoisotopic (exact) mass is 294 g/mol. The van der Waals surface area contributed by atoms with Gasteiger partial charge in [-0.05, 0) is 12.1 Å². The smallest absolute Gasteiger partial charge is 0.269 e. The summed E-state index contributed by atoms with van der Waals surface area (Å²) >= 11 is 0. The highest BCUT2D eigenvalue weighted by molar-refractivity contribution is 5.93. The van der Waals surface area contributed by atoms with E-state index in [2.05, 4.69) is 20.5 Å². The van der Waals surface area contributed by atoms with Crippen LogP contribution in [0.25, 0.3) is 11.3 Å². The molecule has 3 N–H and O–H groups in total. The molecule has 0 saturated heterocycles. The Morgan fingerprint density at radius 3 is 2.68 bits per heavy atom. The standard InChI is InChI=1S/C16H14N4O2/c21-15-8-4-7-12(18-15)10-17-16(22)14-9-13(19-20-14)11-5-2-1-3-6-11/h1-9H,10H2,(H,17,22)(H,18,21)(H,19,20). The Hall–Kier alpha value is -3.15. The second-order valence-corrected chi connectivity index (χ2v) is 4.76. The molecule has 0 fully saturated rings. The number of rotatable bonds is 4. The van der Waals surface area contributed by atoms with Crippen LogP contribution in [0.2, 0.25) is 0 Å². The number of H-pyrrole nitrogens is 2. The van der Waals surface area contributed by atoms with Crippen LogP contribution in [0.15, 0.2) is 59.4 Å². The van der Waals surface area contributed by atoms with Crippen molar-refractivity contribution in [1.29, 1.82) is 0 Å². The van der Waals surface area contributed by atoms with E-state index in [0.717, 1.165) is 5.56 Å². The van der Waals surface area contributed by atoms with Crippen LogP contribution in [0.3, 0.4) is 0 Å². The molecule has 110 valence electrons. The summed E-state index contributed by atoms with van der Waals surface area (Å²) in [5.41, 5.74) is 2.46. The van der Waals surface area contributed by atoms with Crippen molar-refractivity contribution in [2.24, 2.45) is 0 Å². The average Bonchev–Trinajstić information content (AvgIpc) is 3.04. The van der Waals surface area contributed by atoms with Crippen molar-refractivity contribution in [2.45, 2.75) is 6.54 Å². The van der Waals surface area contributed by atoms with E-state index in [-0.39, 0.29) is 18.0 Å². The zero-order valence-electron chi connectivity index (χ0n) is 11.7. The lowest BCUT2D eigenvalue weighted by Gasteiger charge is -2.02. The van der Waals surface area contributed by atoms with Gasteiger partial charge in [0.05, 0.1) is 12.2 Å². The quantitative estimate of drug-likeness (QED) is 0.684. The van der Waals surface area contributed by atoms with Gasteiger partial charge in [-0.1, -0.05) is 36.4 Å². The number of benzene rings is 1. The normalized spacial score (nSPS) is 10.4. The van der Waals surface area contributed by atoms with E-state index >= 15 is 0 Å². The molecule has 6 nitrogen and oxygen atoms in total. The van der Waals surface area contributed by atoms with Crippen LogP contribution >= 0.6 is 0 Å². The lowest BCUT2D eigenvalue weighted by molar-refractivity contribution is 0.0945. The molecule has 0 bridgehead atoms. The molecule has 1 amide bonds. The minimum Gasteiger partial charge on any atom is -0.345 e. The molecule has 22 heavy (non-hydrogen) atoms. The molecule has 2 heterocycles. The summed E-state index contributed by atoms with van der Waals surface area (Å²) in [7, 11) is 0. The first-order chi connectivity index (χ1) is 10.7. The van der Waals surface area contributed by atoms with Crippen LogP contribution in [0.5, 0.6) is 0 Å². The highest BCUT2D eigenvalue weighted by atomic mass is 16.2. The number of amides is 1. The SMILES string of the molecule is O=C(NCc1cccc(=O)[nH]1)c1cc(-c2ccccc2)n[nH]1. The third-order valence-electron chi connectivity index (χ3n) is 3.16. The lowest BCUT2D eigenvalue weighted by Crippen LogP contribution is -2.24. The Morgan fingerprint density at radius 2 is 1.91 bits per heavy atom. The number of hydrogen-bond acceptors (Lipinski definition) is 3. The topological polar surface area (TPSA) is 90.6 Å². The van der Waals surface area contributed by atoms with Gasteiger partial charge in [0.25, 0.3) is 5.91 Å². The molecule has 0 spiro atoms. The summed E-state index contributed by atoms with van der Waals surface area (Å²) in [6, 6.07) is 16.1. The van der Waals surface area contributed by atoms with Gasteiger partial charge in [-0.25, -0.2) is 0 Å². The molecule has 1 aromatic carbocycles. The van der Waals surface area contributed by atoms with Crippen molar-refractivity contribution in [3.8, 4) is 11.3 Å². The van der Waals surface area contributed by atoms with E-state index < -0.39 is 0 Å². The van der Waals surface area contributed by atoms with E-state index in [9.17, 15) is 9.59 Å². The second-order valence-electron chi connectivity index (χ2n) is 4.76. The first-order valence-electron chi connectivity index (χ1n) is 6.79. The first kappa shape index (κ1) is 13.8. The second kappa shape index (κ2) is 6.09. The minimum atomic E-state index is -0.278. The largest absolute Gasteiger partial charge is 0.345 e. The average molecular weight is 294 g/mol. The molecule has 0 radical (unpaired) electrons. The van der Waals surface area contributed by atoms with Crippen molar-refractivity contribution in [3.05, 3.63) is 76.3 Å². The highest BCUT2D eigenvalue weighted by Crippen LogP contribution is 2.16. The van der Waals surface area contributed by atoms with Crippen molar-refractivity contribution in [1.82, 2.24) is 20.5 Å². The summed E-state index contributed by atoms with van der Waals surface area (Å²) < 4.78 is 0. The molecule has 0 aliphatic rings. The van der Waals surface area contributed by atoms with E-state index in [1.807, 2.05) is 30.3 Å². The Balaban J connectivity index is 1.68. The summed E-state index contributed by atoms with van der Waals surface area (Å²) in [6.07, 6.45) is 0. The van der Waals surface area contributed by atoms with E-state index in [1.165, 1.54) is 6.07 Å². The number of nitrogens with zero attached hydrogens (tertiary/aromatic N) is 1. The number of aromatic nitrogens is 3. The summed E-state index contributed by atoms with van der Waals surface area (Å²) in [5, 5.41) is 9.58. The Kier molecular flexibility index (Phi) is 3.82. The van der Waals surface area contributed by atoms with Gasteiger partial charge in [0.15, 0.2) is 0 Å². The number of carbonyl (C=O) groups is 1. The Bertz CT molecular complexity index is 836. The molecular weight excluding hydrogens is 280 g/mol. The zero-order valence-corrected chi connectivity index (χ0v) is 11.7. The van der Waals surface area contributed by atoms with Gasteiger partial charge in [0.2, 0.25) is 5.56 Å². The molecule has 2 aromatic heterocycles. The number of hydrogen-bond donors (Lipinski definition) is 3. The van der Waals surface area contributed by atoms with E-state index in [4.69, 9.17) is 0 Å². The van der Waals surface area contributed by atoms with Crippen molar-refractivity contribution < 1.29 is 4.79 Å². The van der Waals surface area contributed by atoms with Gasteiger partial charge in [-0.3, -0.25) is 14.7 Å². The van der Waals surface area contributed by atoms with Crippen LogP contribution in [-0.4, -0.2) is 21.1 Å². The number of carbonyl (C=O) groups excluding carboxylic acids is 1. The molecular formula is C16H14N4O2. The van der Waals surface area contributed by atoms with Crippen molar-refractivity contribution in [3.63, 3.8) is 0 Å². The van der Waals surface area contributed by atoms with Gasteiger partial charge < -0.3 is 10.3 Å². The number of pyridine rings is 1. The van der Waals surface area contributed by atoms with Gasteiger partial charge >= 0.3 is 0 Å². The van der Waals surface area contributed by atoms with Crippen LogP contribution in [0.1, 0.15) is 16.2 Å². The summed E-state index contributed by atoms with van der Waals surface area (Å²) in [5.74, 6) is -0.278. The molecule has 0 aliphatic heterocycles. The third kappa shape index (κ3) is 3.12. The maximum atomic E-state index is 12.1. The Morgan fingerprint density at radius 1 is 1.09 bits per heavy atom. The number of nitrogens with one attached hydrogen (secondary N) is 3. The predicted octanol–water partition coefficient (Wildman–Crippen LogP) is 1.69. The fourth-order valence-electron chi connectivity index (χ4n) is 2.06. The van der Waals surface area contributed by atoms with Gasteiger partial charge in [-0.15, -0.1) is 0 Å². The van der Waals surface area contributed by atoms with Gasteiger partial charge in [0, 0.05) is 17.3 Å². The van der Waals surface area contributed by atoms with Gasteiger partial charge in [-0.2, -0.15) is 5.10 Å². The summed E-state index contributed by atoms with van der Waals surface area (Å²) in [6.45, 7) is 0.245.